The van der Waals surface area contributed by atoms with Gasteiger partial charge in [0.25, 0.3) is 0 Å². The molecule has 0 amide bonds. The van der Waals surface area contributed by atoms with Crippen LogP contribution in [0.3, 0.4) is 0 Å². The molecule has 1 unspecified atom stereocenters. The van der Waals surface area contributed by atoms with Crippen molar-refractivity contribution in [1.29, 1.82) is 0 Å². The number of nitrogens with two attached hydrogens (primary N) is 2. The second-order valence-electron chi connectivity index (χ2n) is 7.71. The molecule has 4 heteroatoms. The lowest BCUT2D eigenvalue weighted by Crippen LogP contribution is -2.23. The van der Waals surface area contributed by atoms with E-state index in [2.05, 4.69) is 18.8 Å². The molecule has 0 spiro atoms. The Morgan fingerprint density at radius 1 is 0.731 bits per heavy atom. The molecule has 0 radical (unpaired) electrons. The number of nitrogens with zero attached hydrogens (tertiary/aromatic N) is 1. The molecule has 0 heterocycles. The number of hydrogen-bond donors (Lipinski definition) is 2. The summed E-state index contributed by atoms with van der Waals surface area (Å²) in [5, 5.41) is 0. The molecule has 0 saturated carbocycles. The summed E-state index contributed by atoms with van der Waals surface area (Å²) < 4.78 is 5.92. The van der Waals surface area contributed by atoms with Crippen molar-refractivity contribution in [3.8, 4) is 0 Å². The van der Waals surface area contributed by atoms with Crippen LogP contribution in [0.4, 0.5) is 0 Å². The first-order valence-corrected chi connectivity index (χ1v) is 11.3. The van der Waals surface area contributed by atoms with E-state index in [1.54, 1.807) is 0 Å². The zero-order chi connectivity index (χ0) is 19.3. The Bertz CT molecular complexity index is 304. The lowest BCUT2D eigenvalue weighted by atomic mass is 9.95. The average Bonchev–Trinajstić information content (AvgIpc) is 2.62. The monoisotopic (exact) mass is 369 g/mol. The van der Waals surface area contributed by atoms with Crippen molar-refractivity contribution in [2.75, 3.05) is 19.8 Å². The predicted molar refractivity (Wildman–Crippen MR) is 116 cm³/mol. The van der Waals surface area contributed by atoms with Crippen molar-refractivity contribution in [2.24, 2.45) is 22.4 Å². The summed E-state index contributed by atoms with van der Waals surface area (Å²) in [6.07, 6.45) is 20.1. The predicted octanol–water partition coefficient (Wildman–Crippen LogP) is 5.78. The minimum Gasteiger partial charge on any atom is -0.381 e. The molecule has 26 heavy (non-hydrogen) atoms. The molecular formula is C22H47N3O. The first-order chi connectivity index (χ1) is 12.7. The third kappa shape index (κ3) is 19.6. The molecule has 0 aliphatic rings. The van der Waals surface area contributed by atoms with Gasteiger partial charge in [0.2, 0.25) is 0 Å². The Kier molecular flexibility index (Phi) is 19.9. The van der Waals surface area contributed by atoms with Crippen LogP contribution in [-0.4, -0.2) is 25.7 Å². The third-order valence-corrected chi connectivity index (χ3v) is 5.03. The van der Waals surface area contributed by atoms with Crippen LogP contribution in [0, 0.1) is 5.92 Å². The first kappa shape index (κ1) is 25.2. The number of rotatable bonds is 20. The summed E-state index contributed by atoms with van der Waals surface area (Å²) in [4.78, 5) is 4.00. The van der Waals surface area contributed by atoms with Crippen LogP contribution < -0.4 is 11.5 Å². The van der Waals surface area contributed by atoms with Gasteiger partial charge in [-0.1, -0.05) is 90.9 Å². The Morgan fingerprint density at radius 3 is 1.73 bits per heavy atom. The highest BCUT2D eigenvalue weighted by Crippen LogP contribution is 2.19. The van der Waals surface area contributed by atoms with Crippen molar-refractivity contribution in [3.63, 3.8) is 0 Å². The van der Waals surface area contributed by atoms with Crippen LogP contribution in [0.25, 0.3) is 0 Å². The maximum atomic E-state index is 5.92. The highest BCUT2D eigenvalue weighted by atomic mass is 16.5. The van der Waals surface area contributed by atoms with E-state index in [1.807, 2.05) is 0 Å². The zero-order valence-electron chi connectivity index (χ0n) is 17.8. The van der Waals surface area contributed by atoms with Crippen LogP contribution in [0.1, 0.15) is 110 Å². The molecule has 0 aromatic carbocycles. The molecule has 0 rings (SSSR count). The lowest BCUT2D eigenvalue weighted by Gasteiger charge is -2.17. The summed E-state index contributed by atoms with van der Waals surface area (Å²) in [5.41, 5.74) is 10.7. The van der Waals surface area contributed by atoms with Gasteiger partial charge in [0.15, 0.2) is 5.96 Å². The first-order valence-electron chi connectivity index (χ1n) is 11.3. The maximum Gasteiger partial charge on any atom is 0.185 e. The molecule has 0 aromatic heterocycles. The van der Waals surface area contributed by atoms with Gasteiger partial charge < -0.3 is 16.2 Å². The van der Waals surface area contributed by atoms with Gasteiger partial charge in [0, 0.05) is 19.8 Å². The van der Waals surface area contributed by atoms with E-state index in [-0.39, 0.29) is 5.96 Å². The Balaban J connectivity index is 3.83. The van der Waals surface area contributed by atoms with E-state index < -0.39 is 0 Å². The van der Waals surface area contributed by atoms with Crippen LogP contribution in [-0.2, 0) is 4.74 Å². The topological polar surface area (TPSA) is 73.6 Å². The fourth-order valence-electron chi connectivity index (χ4n) is 3.36. The van der Waals surface area contributed by atoms with Crippen LogP contribution >= 0.6 is 0 Å². The zero-order valence-corrected chi connectivity index (χ0v) is 17.8. The number of guanidine groups is 1. The van der Waals surface area contributed by atoms with Gasteiger partial charge in [0.1, 0.15) is 0 Å². The fourth-order valence-corrected chi connectivity index (χ4v) is 3.36. The Labute approximate surface area is 163 Å². The van der Waals surface area contributed by atoms with Crippen molar-refractivity contribution in [3.05, 3.63) is 0 Å². The van der Waals surface area contributed by atoms with E-state index in [0.717, 1.165) is 25.6 Å². The van der Waals surface area contributed by atoms with E-state index in [4.69, 9.17) is 16.2 Å². The minimum absolute atomic E-state index is 0.175. The highest BCUT2D eigenvalue weighted by molar-refractivity contribution is 5.75. The standard InChI is InChI=1S/C22H47N3O/c1-3-5-7-9-10-12-14-17-21(16-13-11-8-6-4-2)20-26-19-15-18-25-22(23)24/h21H,3-20H2,1-2H3,(H4,23,24,25). The normalized spacial score (nSPS) is 12.2. The quantitative estimate of drug-likeness (QED) is 0.162. The molecule has 0 saturated heterocycles. The molecule has 0 aliphatic heterocycles. The van der Waals surface area contributed by atoms with Crippen molar-refractivity contribution >= 4 is 5.96 Å². The minimum atomic E-state index is 0.175. The summed E-state index contributed by atoms with van der Waals surface area (Å²) in [5.74, 6) is 0.907. The van der Waals surface area contributed by atoms with E-state index >= 15 is 0 Å². The maximum absolute atomic E-state index is 5.92. The smallest absolute Gasteiger partial charge is 0.185 e. The Hall–Kier alpha value is -0.770. The molecular weight excluding hydrogens is 322 g/mol. The van der Waals surface area contributed by atoms with Crippen molar-refractivity contribution in [2.45, 2.75) is 110 Å². The summed E-state index contributed by atoms with van der Waals surface area (Å²) >= 11 is 0. The van der Waals surface area contributed by atoms with Crippen LogP contribution in [0.2, 0.25) is 0 Å². The van der Waals surface area contributed by atoms with Crippen LogP contribution in [0.5, 0.6) is 0 Å². The Morgan fingerprint density at radius 2 is 1.23 bits per heavy atom. The van der Waals surface area contributed by atoms with Gasteiger partial charge in [-0.2, -0.15) is 0 Å². The summed E-state index contributed by atoms with van der Waals surface area (Å²) in [7, 11) is 0. The summed E-state index contributed by atoms with van der Waals surface area (Å²) in [6, 6.07) is 0. The van der Waals surface area contributed by atoms with E-state index in [0.29, 0.717) is 6.54 Å². The molecule has 0 aliphatic carbocycles. The third-order valence-electron chi connectivity index (χ3n) is 5.03. The highest BCUT2D eigenvalue weighted by Gasteiger charge is 2.09. The van der Waals surface area contributed by atoms with Crippen molar-refractivity contribution in [1.82, 2.24) is 0 Å². The second kappa shape index (κ2) is 20.5. The molecule has 4 nitrogen and oxygen atoms in total. The van der Waals surface area contributed by atoms with Gasteiger partial charge in [-0.15, -0.1) is 0 Å². The number of aliphatic imine (C=N–C) groups is 1. The van der Waals surface area contributed by atoms with E-state index in [1.165, 1.54) is 89.9 Å². The largest absolute Gasteiger partial charge is 0.381 e. The molecule has 156 valence electrons. The molecule has 0 bridgehead atoms. The average molecular weight is 370 g/mol. The van der Waals surface area contributed by atoms with Crippen molar-refractivity contribution < 1.29 is 4.74 Å². The van der Waals surface area contributed by atoms with Gasteiger partial charge in [-0.05, 0) is 25.2 Å². The number of hydrogen-bond acceptors (Lipinski definition) is 2. The lowest BCUT2D eigenvalue weighted by molar-refractivity contribution is 0.0903. The van der Waals surface area contributed by atoms with Crippen LogP contribution in [0.15, 0.2) is 4.99 Å². The number of ether oxygens (including phenoxy) is 1. The SMILES string of the molecule is CCCCCCCCCC(CCCCCCC)COCCCN=C(N)N. The molecule has 1 atom stereocenters. The van der Waals surface area contributed by atoms with Gasteiger partial charge in [0.05, 0.1) is 0 Å². The molecule has 0 aromatic rings. The molecule has 4 N–H and O–H groups in total. The van der Waals surface area contributed by atoms with Gasteiger partial charge in [-0.25, -0.2) is 0 Å². The number of unbranched alkanes of at least 4 members (excludes halogenated alkanes) is 10. The summed E-state index contributed by atoms with van der Waals surface area (Å²) in [6.45, 7) is 6.90. The fraction of sp³-hybridized carbons (Fsp3) is 0.955. The second-order valence-corrected chi connectivity index (χ2v) is 7.71. The van der Waals surface area contributed by atoms with Gasteiger partial charge in [-0.3, -0.25) is 4.99 Å². The molecule has 0 fully saturated rings. The van der Waals surface area contributed by atoms with E-state index in [9.17, 15) is 0 Å². The van der Waals surface area contributed by atoms with Gasteiger partial charge >= 0.3 is 0 Å².